The summed E-state index contributed by atoms with van der Waals surface area (Å²) in [5, 5.41) is 5.38. The van der Waals surface area contributed by atoms with Crippen LogP contribution in [0.3, 0.4) is 0 Å². The summed E-state index contributed by atoms with van der Waals surface area (Å²) in [6.07, 6.45) is 3.60. The fourth-order valence-electron chi connectivity index (χ4n) is 1.88. The van der Waals surface area contributed by atoms with Crippen molar-refractivity contribution in [2.24, 2.45) is 0 Å². The van der Waals surface area contributed by atoms with Crippen molar-refractivity contribution in [3.63, 3.8) is 0 Å². The molecular weight excluding hydrogens is 216 g/mol. The predicted molar refractivity (Wildman–Crippen MR) is 64.2 cm³/mol. The lowest BCUT2D eigenvalue weighted by Crippen LogP contribution is -1.96. The first kappa shape index (κ1) is 10.0. The molecule has 0 radical (unpaired) electrons. The highest BCUT2D eigenvalue weighted by molar-refractivity contribution is 5.82. The number of rotatable bonds is 2. The van der Waals surface area contributed by atoms with Gasteiger partial charge >= 0.3 is 0 Å². The van der Waals surface area contributed by atoms with Crippen LogP contribution in [-0.4, -0.2) is 26.2 Å². The molecule has 0 atom stereocenters. The average Bonchev–Trinajstić information content (AvgIpc) is 2.73. The van der Waals surface area contributed by atoms with Crippen LogP contribution in [0.5, 0.6) is 5.88 Å². The zero-order valence-corrected chi connectivity index (χ0v) is 9.71. The molecule has 0 aliphatic heterocycles. The molecule has 0 amide bonds. The van der Waals surface area contributed by atoms with Gasteiger partial charge in [0.05, 0.1) is 12.1 Å². The molecule has 0 spiro atoms. The highest BCUT2D eigenvalue weighted by Crippen LogP contribution is 2.19. The minimum absolute atomic E-state index is 0.599. The van der Waals surface area contributed by atoms with E-state index in [0.717, 1.165) is 22.2 Å². The van der Waals surface area contributed by atoms with Crippen LogP contribution in [0, 0.1) is 6.92 Å². The zero-order valence-electron chi connectivity index (χ0n) is 9.71. The van der Waals surface area contributed by atoms with Gasteiger partial charge in [-0.25, -0.2) is 9.50 Å². The standard InChI is InChI=1S/C12H12N4O/c1-3-17-12-6-11-14-7-9-8(2)13-5-4-10(9)16(11)15-12/h4-7H,3H2,1-2H3. The van der Waals surface area contributed by atoms with Gasteiger partial charge in [0.2, 0.25) is 5.88 Å². The second-order valence-corrected chi connectivity index (χ2v) is 3.77. The van der Waals surface area contributed by atoms with Gasteiger partial charge in [0, 0.05) is 29.5 Å². The van der Waals surface area contributed by atoms with Gasteiger partial charge in [-0.05, 0) is 19.9 Å². The topological polar surface area (TPSA) is 52.3 Å². The second-order valence-electron chi connectivity index (χ2n) is 3.77. The maximum Gasteiger partial charge on any atom is 0.235 e. The Kier molecular flexibility index (Phi) is 2.18. The summed E-state index contributed by atoms with van der Waals surface area (Å²) in [4.78, 5) is 8.60. The van der Waals surface area contributed by atoms with E-state index in [1.807, 2.05) is 32.2 Å². The smallest absolute Gasteiger partial charge is 0.235 e. The van der Waals surface area contributed by atoms with E-state index in [4.69, 9.17) is 4.74 Å². The fourth-order valence-corrected chi connectivity index (χ4v) is 1.88. The fraction of sp³-hybridized carbons (Fsp3) is 0.250. The highest BCUT2D eigenvalue weighted by atomic mass is 16.5. The van der Waals surface area contributed by atoms with Gasteiger partial charge in [-0.1, -0.05) is 0 Å². The van der Waals surface area contributed by atoms with Gasteiger partial charge < -0.3 is 4.74 Å². The molecule has 0 saturated carbocycles. The van der Waals surface area contributed by atoms with E-state index in [-0.39, 0.29) is 0 Å². The number of aryl methyl sites for hydroxylation is 1. The molecule has 86 valence electrons. The van der Waals surface area contributed by atoms with Crippen LogP contribution in [0.1, 0.15) is 12.6 Å². The Hall–Kier alpha value is -2.17. The summed E-state index contributed by atoms with van der Waals surface area (Å²) in [7, 11) is 0. The molecule has 3 rings (SSSR count). The first-order chi connectivity index (χ1) is 8.29. The van der Waals surface area contributed by atoms with E-state index in [2.05, 4.69) is 15.1 Å². The van der Waals surface area contributed by atoms with Crippen molar-refractivity contribution >= 4 is 16.6 Å². The summed E-state index contributed by atoms with van der Waals surface area (Å²) in [6, 6.07) is 3.76. The monoisotopic (exact) mass is 228 g/mol. The van der Waals surface area contributed by atoms with Crippen molar-refractivity contribution < 1.29 is 4.74 Å². The number of fused-ring (bicyclic) bond motifs is 3. The molecule has 5 heteroatoms. The Labute approximate surface area is 98.1 Å². The van der Waals surface area contributed by atoms with E-state index in [9.17, 15) is 0 Å². The Morgan fingerprint density at radius 2 is 2.24 bits per heavy atom. The normalized spacial score (nSPS) is 11.2. The number of hydrogen-bond donors (Lipinski definition) is 0. The Balaban J connectivity index is 2.35. The Morgan fingerprint density at radius 1 is 1.35 bits per heavy atom. The Morgan fingerprint density at radius 3 is 3.06 bits per heavy atom. The molecule has 0 bridgehead atoms. The summed E-state index contributed by atoms with van der Waals surface area (Å²) >= 11 is 0. The molecule has 0 N–H and O–H groups in total. The number of nitrogens with zero attached hydrogens (tertiary/aromatic N) is 4. The van der Waals surface area contributed by atoms with Crippen LogP contribution in [0.4, 0.5) is 0 Å². The van der Waals surface area contributed by atoms with Gasteiger partial charge in [0.25, 0.3) is 0 Å². The number of ether oxygens (including phenoxy) is 1. The molecule has 0 aromatic carbocycles. The maximum atomic E-state index is 5.38. The van der Waals surface area contributed by atoms with Crippen molar-refractivity contribution in [2.75, 3.05) is 6.61 Å². The third-order valence-electron chi connectivity index (χ3n) is 2.68. The van der Waals surface area contributed by atoms with Crippen molar-refractivity contribution in [3.05, 3.63) is 30.2 Å². The molecule has 0 aliphatic rings. The SMILES string of the molecule is CCOc1cc2ncc3c(C)nccc3n2n1. The minimum atomic E-state index is 0.599. The number of hydrogen-bond acceptors (Lipinski definition) is 4. The lowest BCUT2D eigenvalue weighted by atomic mass is 10.2. The van der Waals surface area contributed by atoms with Crippen molar-refractivity contribution in [1.29, 1.82) is 0 Å². The highest BCUT2D eigenvalue weighted by Gasteiger charge is 2.08. The molecule has 3 aromatic heterocycles. The van der Waals surface area contributed by atoms with Crippen LogP contribution in [0.2, 0.25) is 0 Å². The van der Waals surface area contributed by atoms with Crippen molar-refractivity contribution in [2.45, 2.75) is 13.8 Å². The van der Waals surface area contributed by atoms with Gasteiger partial charge in [-0.15, -0.1) is 5.10 Å². The van der Waals surface area contributed by atoms with Crippen LogP contribution < -0.4 is 4.74 Å². The first-order valence-corrected chi connectivity index (χ1v) is 5.52. The predicted octanol–water partition coefficient (Wildman–Crippen LogP) is 1.98. The van der Waals surface area contributed by atoms with Gasteiger partial charge in [0.1, 0.15) is 0 Å². The summed E-state index contributed by atoms with van der Waals surface area (Å²) < 4.78 is 7.17. The first-order valence-electron chi connectivity index (χ1n) is 5.52. The number of aromatic nitrogens is 4. The van der Waals surface area contributed by atoms with Gasteiger partial charge in [-0.3, -0.25) is 4.98 Å². The van der Waals surface area contributed by atoms with E-state index >= 15 is 0 Å². The molecule has 0 saturated heterocycles. The summed E-state index contributed by atoms with van der Waals surface area (Å²) in [5.41, 5.74) is 2.73. The largest absolute Gasteiger partial charge is 0.477 e. The van der Waals surface area contributed by atoms with Crippen molar-refractivity contribution in [3.8, 4) is 5.88 Å². The van der Waals surface area contributed by atoms with Crippen LogP contribution in [-0.2, 0) is 0 Å². The lowest BCUT2D eigenvalue weighted by molar-refractivity contribution is 0.325. The van der Waals surface area contributed by atoms with Gasteiger partial charge in [0.15, 0.2) is 5.65 Å². The third-order valence-corrected chi connectivity index (χ3v) is 2.68. The molecular formula is C12H12N4O. The van der Waals surface area contributed by atoms with E-state index in [1.54, 1.807) is 10.7 Å². The van der Waals surface area contributed by atoms with E-state index in [1.165, 1.54) is 0 Å². The second kappa shape index (κ2) is 3.69. The lowest BCUT2D eigenvalue weighted by Gasteiger charge is -2.01. The van der Waals surface area contributed by atoms with Crippen LogP contribution in [0.15, 0.2) is 24.5 Å². The third kappa shape index (κ3) is 1.51. The Bertz CT molecular complexity index is 689. The van der Waals surface area contributed by atoms with E-state index < -0.39 is 0 Å². The minimum Gasteiger partial charge on any atom is -0.477 e. The summed E-state index contributed by atoms with van der Waals surface area (Å²) in [5.74, 6) is 0.599. The van der Waals surface area contributed by atoms with Gasteiger partial charge in [-0.2, -0.15) is 0 Å². The molecule has 0 aliphatic carbocycles. The zero-order chi connectivity index (χ0) is 11.8. The molecule has 3 aromatic rings. The molecule has 0 fully saturated rings. The van der Waals surface area contributed by atoms with E-state index in [0.29, 0.717) is 12.5 Å². The maximum absolute atomic E-state index is 5.38. The van der Waals surface area contributed by atoms with Crippen molar-refractivity contribution in [1.82, 2.24) is 19.6 Å². The molecule has 3 heterocycles. The summed E-state index contributed by atoms with van der Waals surface area (Å²) in [6.45, 7) is 4.49. The number of pyridine rings is 1. The van der Waals surface area contributed by atoms with Crippen LogP contribution in [0.25, 0.3) is 16.6 Å². The quantitative estimate of drug-likeness (QED) is 0.673. The average molecular weight is 228 g/mol. The molecule has 17 heavy (non-hydrogen) atoms. The molecule has 0 unspecified atom stereocenters. The van der Waals surface area contributed by atoms with Crippen LogP contribution >= 0.6 is 0 Å². The molecule has 5 nitrogen and oxygen atoms in total.